The van der Waals surface area contributed by atoms with Crippen LogP contribution in [0.3, 0.4) is 0 Å². The van der Waals surface area contributed by atoms with Crippen molar-refractivity contribution in [3.63, 3.8) is 0 Å². The lowest BCUT2D eigenvalue weighted by atomic mass is 9.96. The van der Waals surface area contributed by atoms with Crippen molar-refractivity contribution in [3.05, 3.63) is 65.5 Å². The highest BCUT2D eigenvalue weighted by molar-refractivity contribution is 5.76. The molecule has 0 bridgehead atoms. The summed E-state index contributed by atoms with van der Waals surface area (Å²) in [5.74, 6) is 2.19. The van der Waals surface area contributed by atoms with Crippen LogP contribution in [0, 0.1) is 5.92 Å². The standard InChI is InChI=1S/C23H30N2/c1-5-6-15-25-22-10-8-7-9-21(22)24-23(25)18(4)20-13-11-19(12-14-20)16-17(2)3/h7-14,17-18H,5-6,15-16H2,1-4H3. The van der Waals surface area contributed by atoms with Crippen molar-refractivity contribution in [2.45, 2.75) is 59.4 Å². The second-order valence-electron chi connectivity index (χ2n) is 7.53. The van der Waals surface area contributed by atoms with Gasteiger partial charge in [0.1, 0.15) is 5.82 Å². The van der Waals surface area contributed by atoms with Gasteiger partial charge in [-0.2, -0.15) is 0 Å². The van der Waals surface area contributed by atoms with Gasteiger partial charge in [0.25, 0.3) is 0 Å². The molecule has 3 rings (SSSR count). The van der Waals surface area contributed by atoms with Crippen molar-refractivity contribution >= 4 is 11.0 Å². The molecule has 0 spiro atoms. The average Bonchev–Trinajstić information content (AvgIpc) is 2.98. The Morgan fingerprint density at radius 3 is 2.36 bits per heavy atom. The Morgan fingerprint density at radius 2 is 1.68 bits per heavy atom. The molecule has 0 amide bonds. The molecule has 0 N–H and O–H groups in total. The first kappa shape index (κ1) is 17.7. The number of hydrogen-bond acceptors (Lipinski definition) is 1. The van der Waals surface area contributed by atoms with E-state index in [-0.39, 0.29) is 0 Å². The zero-order valence-electron chi connectivity index (χ0n) is 16.0. The lowest BCUT2D eigenvalue weighted by Crippen LogP contribution is -2.08. The third kappa shape index (κ3) is 3.95. The Bertz CT molecular complexity index is 812. The average molecular weight is 335 g/mol. The van der Waals surface area contributed by atoms with Gasteiger partial charge in [-0.1, -0.05) is 70.5 Å². The molecule has 1 heterocycles. The van der Waals surface area contributed by atoms with Crippen LogP contribution in [-0.4, -0.2) is 9.55 Å². The molecule has 0 aliphatic rings. The molecule has 0 saturated heterocycles. The molecule has 0 radical (unpaired) electrons. The van der Waals surface area contributed by atoms with Gasteiger partial charge in [-0.25, -0.2) is 4.98 Å². The molecule has 3 aromatic rings. The Hall–Kier alpha value is -2.09. The summed E-state index contributed by atoms with van der Waals surface area (Å²) in [6.07, 6.45) is 3.53. The molecule has 1 unspecified atom stereocenters. The molecule has 2 nitrogen and oxygen atoms in total. The largest absolute Gasteiger partial charge is 0.327 e. The van der Waals surface area contributed by atoms with E-state index in [0.29, 0.717) is 11.8 Å². The van der Waals surface area contributed by atoms with Crippen LogP contribution in [0.2, 0.25) is 0 Å². The Balaban J connectivity index is 1.94. The smallest absolute Gasteiger partial charge is 0.117 e. The van der Waals surface area contributed by atoms with Gasteiger partial charge in [0.2, 0.25) is 0 Å². The predicted molar refractivity (Wildman–Crippen MR) is 107 cm³/mol. The van der Waals surface area contributed by atoms with E-state index < -0.39 is 0 Å². The van der Waals surface area contributed by atoms with Crippen molar-refractivity contribution in [1.82, 2.24) is 9.55 Å². The maximum Gasteiger partial charge on any atom is 0.117 e. The van der Waals surface area contributed by atoms with Crippen molar-refractivity contribution in [2.24, 2.45) is 5.92 Å². The summed E-state index contributed by atoms with van der Waals surface area (Å²) >= 11 is 0. The molecule has 25 heavy (non-hydrogen) atoms. The fraction of sp³-hybridized carbons (Fsp3) is 0.435. The molecule has 132 valence electrons. The maximum atomic E-state index is 4.98. The second-order valence-corrected chi connectivity index (χ2v) is 7.53. The van der Waals surface area contributed by atoms with E-state index >= 15 is 0 Å². The number of aromatic nitrogens is 2. The molecule has 0 fully saturated rings. The lowest BCUT2D eigenvalue weighted by Gasteiger charge is -2.16. The summed E-state index contributed by atoms with van der Waals surface area (Å²) in [5, 5.41) is 0. The fourth-order valence-corrected chi connectivity index (χ4v) is 3.54. The molecule has 0 aliphatic heterocycles. The summed E-state index contributed by atoms with van der Waals surface area (Å²) in [6.45, 7) is 10.1. The normalized spacial score (nSPS) is 12.8. The molecule has 1 atom stereocenters. The van der Waals surface area contributed by atoms with E-state index in [9.17, 15) is 0 Å². The van der Waals surface area contributed by atoms with Gasteiger partial charge in [-0.05, 0) is 42.0 Å². The van der Waals surface area contributed by atoms with E-state index in [0.717, 1.165) is 18.5 Å². The van der Waals surface area contributed by atoms with Gasteiger partial charge in [-0.3, -0.25) is 0 Å². The topological polar surface area (TPSA) is 17.8 Å². The van der Waals surface area contributed by atoms with E-state index in [1.807, 2.05) is 0 Å². The molecular formula is C23H30N2. The molecule has 2 aromatic carbocycles. The molecule has 1 aromatic heterocycles. The van der Waals surface area contributed by atoms with Crippen LogP contribution >= 0.6 is 0 Å². The molecule has 0 saturated carbocycles. The maximum absolute atomic E-state index is 4.98. The third-order valence-corrected chi connectivity index (χ3v) is 4.93. The fourth-order valence-electron chi connectivity index (χ4n) is 3.54. The third-order valence-electron chi connectivity index (χ3n) is 4.93. The predicted octanol–water partition coefficient (Wildman–Crippen LogP) is 6.19. The number of aryl methyl sites for hydroxylation is 1. The Kier molecular flexibility index (Phi) is 5.57. The number of unbranched alkanes of at least 4 members (excludes halogenated alkanes) is 1. The zero-order chi connectivity index (χ0) is 17.8. The number of fused-ring (bicyclic) bond motifs is 1. The molecular weight excluding hydrogens is 304 g/mol. The summed E-state index contributed by atoms with van der Waals surface area (Å²) in [6, 6.07) is 17.6. The monoisotopic (exact) mass is 334 g/mol. The van der Waals surface area contributed by atoms with Crippen molar-refractivity contribution in [3.8, 4) is 0 Å². The Labute approximate surface area is 151 Å². The van der Waals surface area contributed by atoms with E-state index in [4.69, 9.17) is 4.98 Å². The zero-order valence-corrected chi connectivity index (χ0v) is 16.0. The van der Waals surface area contributed by atoms with Crippen LogP contribution in [-0.2, 0) is 13.0 Å². The van der Waals surface area contributed by atoms with Crippen molar-refractivity contribution in [1.29, 1.82) is 0 Å². The van der Waals surface area contributed by atoms with Crippen LogP contribution in [0.4, 0.5) is 0 Å². The van der Waals surface area contributed by atoms with Gasteiger partial charge < -0.3 is 4.57 Å². The van der Waals surface area contributed by atoms with Crippen molar-refractivity contribution in [2.75, 3.05) is 0 Å². The number of benzene rings is 2. The van der Waals surface area contributed by atoms with Crippen LogP contribution in [0.5, 0.6) is 0 Å². The highest BCUT2D eigenvalue weighted by Gasteiger charge is 2.18. The minimum absolute atomic E-state index is 0.303. The minimum atomic E-state index is 0.303. The highest BCUT2D eigenvalue weighted by Crippen LogP contribution is 2.28. The van der Waals surface area contributed by atoms with Gasteiger partial charge in [0.15, 0.2) is 0 Å². The van der Waals surface area contributed by atoms with Crippen LogP contribution in [0.1, 0.15) is 63.4 Å². The van der Waals surface area contributed by atoms with Gasteiger partial charge >= 0.3 is 0 Å². The SMILES string of the molecule is CCCCn1c(C(C)c2ccc(CC(C)C)cc2)nc2ccccc21. The summed E-state index contributed by atoms with van der Waals surface area (Å²) in [5.41, 5.74) is 5.14. The second kappa shape index (κ2) is 7.86. The summed E-state index contributed by atoms with van der Waals surface area (Å²) in [7, 11) is 0. The van der Waals surface area contributed by atoms with Crippen molar-refractivity contribution < 1.29 is 0 Å². The number of nitrogens with zero attached hydrogens (tertiary/aromatic N) is 2. The first-order chi connectivity index (χ1) is 12.1. The number of imidazole rings is 1. The molecule has 2 heteroatoms. The Morgan fingerprint density at radius 1 is 0.960 bits per heavy atom. The van der Waals surface area contributed by atoms with Gasteiger partial charge in [0, 0.05) is 12.5 Å². The van der Waals surface area contributed by atoms with E-state index in [1.165, 1.54) is 35.3 Å². The number of rotatable bonds is 7. The van der Waals surface area contributed by atoms with Crippen LogP contribution in [0.15, 0.2) is 48.5 Å². The van der Waals surface area contributed by atoms with Gasteiger partial charge in [0.05, 0.1) is 11.0 Å². The van der Waals surface area contributed by atoms with Gasteiger partial charge in [-0.15, -0.1) is 0 Å². The summed E-state index contributed by atoms with van der Waals surface area (Å²) < 4.78 is 2.42. The first-order valence-corrected chi connectivity index (χ1v) is 9.64. The highest BCUT2D eigenvalue weighted by atomic mass is 15.1. The van der Waals surface area contributed by atoms with E-state index in [1.54, 1.807) is 0 Å². The minimum Gasteiger partial charge on any atom is -0.327 e. The van der Waals surface area contributed by atoms with Crippen LogP contribution < -0.4 is 0 Å². The van der Waals surface area contributed by atoms with E-state index in [2.05, 4.69) is 80.8 Å². The lowest BCUT2D eigenvalue weighted by molar-refractivity contribution is 0.603. The molecule has 0 aliphatic carbocycles. The summed E-state index contributed by atoms with van der Waals surface area (Å²) in [4.78, 5) is 4.98. The number of hydrogen-bond donors (Lipinski definition) is 0. The van der Waals surface area contributed by atoms with Crippen LogP contribution in [0.25, 0.3) is 11.0 Å². The first-order valence-electron chi connectivity index (χ1n) is 9.64. The quantitative estimate of drug-likeness (QED) is 0.504. The number of para-hydroxylation sites is 2.